The molecule has 0 radical (unpaired) electrons. The molecule has 0 bridgehead atoms. The normalized spacial score (nSPS) is 14.8. The Morgan fingerprint density at radius 3 is 2.53 bits per heavy atom. The Morgan fingerprint density at radius 2 is 1.84 bits per heavy atom. The van der Waals surface area contributed by atoms with Crippen LogP contribution in [0.15, 0.2) is 54.9 Å². The Hall–Kier alpha value is -2.90. The van der Waals surface area contributed by atoms with Gasteiger partial charge in [0, 0.05) is 36.6 Å². The number of pyridine rings is 2. The maximum atomic E-state index is 13.1. The van der Waals surface area contributed by atoms with Crippen molar-refractivity contribution in [2.75, 3.05) is 6.61 Å². The number of esters is 1. The average molecular weight is 450 g/mol. The highest BCUT2D eigenvalue weighted by Crippen LogP contribution is 2.36. The van der Waals surface area contributed by atoms with Gasteiger partial charge in [-0.3, -0.25) is 4.98 Å². The van der Waals surface area contributed by atoms with E-state index < -0.39 is 17.0 Å². The molecule has 0 N–H and O–H groups in total. The van der Waals surface area contributed by atoms with E-state index in [-0.39, 0.29) is 17.0 Å². The number of carbonyl (C=O) groups is 1. The zero-order valence-corrected chi connectivity index (χ0v) is 19.6. The van der Waals surface area contributed by atoms with Crippen LogP contribution in [-0.4, -0.2) is 35.8 Å². The molecule has 0 saturated heterocycles. The van der Waals surface area contributed by atoms with Gasteiger partial charge in [-0.1, -0.05) is 24.3 Å². The topological polar surface area (TPSA) is 72.4 Å². The minimum Gasteiger partial charge on any atom is -0.461 e. The highest BCUT2D eigenvalue weighted by atomic mass is 32.2. The van der Waals surface area contributed by atoms with E-state index in [4.69, 9.17) is 9.72 Å². The molecule has 1 aliphatic heterocycles. The van der Waals surface area contributed by atoms with Crippen molar-refractivity contribution in [3.63, 3.8) is 0 Å². The molecule has 6 nitrogen and oxygen atoms in total. The summed E-state index contributed by atoms with van der Waals surface area (Å²) in [6.45, 7) is 8.97. The maximum absolute atomic E-state index is 13.1. The fraction of sp³-hybridized carbons (Fsp3) is 0.320. The van der Waals surface area contributed by atoms with Gasteiger partial charge in [0.15, 0.2) is 0 Å². The predicted octanol–water partition coefficient (Wildman–Crippen LogP) is 4.77. The van der Waals surface area contributed by atoms with E-state index in [1.807, 2.05) is 61.6 Å². The standard InChI is InChI=1S/C25H27N3O3S/c1-5-31-24(29)22-13-20-15-28(32(30)25(2,3)4)16-21(20)23(27-22)18-9-6-8-17(12-18)19-10-7-11-26-14-19/h6-14H,5,15-16H2,1-4H3. The predicted molar refractivity (Wildman–Crippen MR) is 126 cm³/mol. The number of aromatic nitrogens is 2. The van der Waals surface area contributed by atoms with Crippen LogP contribution >= 0.6 is 0 Å². The number of carbonyl (C=O) groups excluding carboxylic acids is 1. The molecule has 7 heteroatoms. The third kappa shape index (κ3) is 4.49. The fourth-order valence-corrected chi connectivity index (χ4v) is 5.07. The average Bonchev–Trinajstić information content (AvgIpc) is 3.22. The molecule has 1 atom stereocenters. The molecule has 0 spiro atoms. The molecule has 2 aromatic heterocycles. The van der Waals surface area contributed by atoms with E-state index in [2.05, 4.69) is 11.1 Å². The zero-order chi connectivity index (χ0) is 22.9. The van der Waals surface area contributed by atoms with Crippen LogP contribution in [0.1, 0.15) is 49.3 Å². The first-order chi connectivity index (χ1) is 15.3. The number of ether oxygens (including phenoxy) is 1. The number of nitrogens with zero attached hydrogens (tertiary/aromatic N) is 3. The van der Waals surface area contributed by atoms with Crippen molar-refractivity contribution in [1.29, 1.82) is 0 Å². The second kappa shape index (κ2) is 8.92. The zero-order valence-electron chi connectivity index (χ0n) is 18.8. The third-order valence-corrected chi connectivity index (χ3v) is 7.05. The van der Waals surface area contributed by atoms with Crippen molar-refractivity contribution >= 4 is 17.0 Å². The Labute approximate surface area is 191 Å². The van der Waals surface area contributed by atoms with Crippen molar-refractivity contribution in [2.24, 2.45) is 0 Å². The van der Waals surface area contributed by atoms with Crippen LogP contribution in [0.25, 0.3) is 22.4 Å². The first-order valence-corrected chi connectivity index (χ1v) is 11.8. The van der Waals surface area contributed by atoms with Crippen molar-refractivity contribution in [2.45, 2.75) is 45.5 Å². The second-order valence-electron chi connectivity index (χ2n) is 8.70. The van der Waals surface area contributed by atoms with Crippen LogP contribution in [0.4, 0.5) is 0 Å². The summed E-state index contributed by atoms with van der Waals surface area (Å²) in [7, 11) is -1.18. The quantitative estimate of drug-likeness (QED) is 0.525. The number of benzene rings is 1. The van der Waals surface area contributed by atoms with Gasteiger partial charge in [0.1, 0.15) is 16.7 Å². The number of hydrogen-bond donors (Lipinski definition) is 0. The Bertz CT molecular complexity index is 1170. The van der Waals surface area contributed by atoms with Crippen LogP contribution < -0.4 is 0 Å². The van der Waals surface area contributed by atoms with E-state index in [9.17, 15) is 9.00 Å². The molecule has 166 valence electrons. The summed E-state index contributed by atoms with van der Waals surface area (Å²) in [5.41, 5.74) is 5.88. The molecule has 0 fully saturated rings. The van der Waals surface area contributed by atoms with Crippen LogP contribution in [0.2, 0.25) is 0 Å². The van der Waals surface area contributed by atoms with Crippen molar-refractivity contribution in [1.82, 2.24) is 14.3 Å². The van der Waals surface area contributed by atoms with Crippen LogP contribution in [0.3, 0.4) is 0 Å². The van der Waals surface area contributed by atoms with Gasteiger partial charge in [0.05, 0.1) is 17.0 Å². The van der Waals surface area contributed by atoms with Gasteiger partial charge in [0.2, 0.25) is 0 Å². The second-order valence-corrected chi connectivity index (χ2v) is 10.9. The van der Waals surface area contributed by atoms with E-state index in [1.165, 1.54) is 0 Å². The number of rotatable bonds is 5. The summed E-state index contributed by atoms with van der Waals surface area (Å²) >= 11 is 0. The summed E-state index contributed by atoms with van der Waals surface area (Å²) in [4.78, 5) is 21.4. The lowest BCUT2D eigenvalue weighted by atomic mass is 9.98. The molecular weight excluding hydrogens is 422 g/mol. The van der Waals surface area contributed by atoms with E-state index in [1.54, 1.807) is 19.2 Å². The first kappa shape index (κ1) is 22.3. The van der Waals surface area contributed by atoms with Gasteiger partial charge < -0.3 is 4.74 Å². The summed E-state index contributed by atoms with van der Waals surface area (Å²) in [5, 5.41) is 0. The summed E-state index contributed by atoms with van der Waals surface area (Å²) in [6, 6.07) is 13.7. The van der Waals surface area contributed by atoms with Crippen LogP contribution in [0, 0.1) is 0 Å². The van der Waals surface area contributed by atoms with Crippen molar-refractivity contribution in [3.05, 3.63) is 71.7 Å². The molecule has 1 aliphatic rings. The fourth-order valence-electron chi connectivity index (χ4n) is 3.80. The molecule has 4 rings (SSSR count). The van der Waals surface area contributed by atoms with E-state index in [0.29, 0.717) is 13.1 Å². The van der Waals surface area contributed by atoms with E-state index in [0.717, 1.165) is 33.5 Å². The van der Waals surface area contributed by atoms with Crippen LogP contribution in [0.5, 0.6) is 0 Å². The minimum absolute atomic E-state index is 0.274. The monoisotopic (exact) mass is 449 g/mol. The molecule has 3 aromatic rings. The highest BCUT2D eigenvalue weighted by molar-refractivity contribution is 7.84. The smallest absolute Gasteiger partial charge is 0.356 e. The van der Waals surface area contributed by atoms with Crippen molar-refractivity contribution < 1.29 is 13.7 Å². The van der Waals surface area contributed by atoms with E-state index >= 15 is 0 Å². The van der Waals surface area contributed by atoms with Gasteiger partial charge in [-0.05, 0) is 62.6 Å². The van der Waals surface area contributed by atoms with Gasteiger partial charge in [-0.25, -0.2) is 18.3 Å². The molecule has 0 saturated carbocycles. The molecule has 0 aliphatic carbocycles. The highest BCUT2D eigenvalue weighted by Gasteiger charge is 2.33. The third-order valence-electron chi connectivity index (χ3n) is 5.27. The molecule has 3 heterocycles. The number of hydrogen-bond acceptors (Lipinski definition) is 5. The Kier molecular flexibility index (Phi) is 6.22. The Morgan fingerprint density at radius 1 is 1.09 bits per heavy atom. The van der Waals surface area contributed by atoms with Crippen molar-refractivity contribution in [3.8, 4) is 22.4 Å². The largest absolute Gasteiger partial charge is 0.461 e. The van der Waals surface area contributed by atoms with Gasteiger partial charge >= 0.3 is 5.97 Å². The molecule has 1 aromatic carbocycles. The van der Waals surface area contributed by atoms with Crippen LogP contribution in [-0.2, 0) is 28.8 Å². The van der Waals surface area contributed by atoms with Gasteiger partial charge in [-0.15, -0.1) is 0 Å². The van der Waals surface area contributed by atoms with Gasteiger partial charge in [0.25, 0.3) is 0 Å². The maximum Gasteiger partial charge on any atom is 0.356 e. The van der Waals surface area contributed by atoms with Gasteiger partial charge in [-0.2, -0.15) is 0 Å². The Balaban J connectivity index is 1.81. The first-order valence-electron chi connectivity index (χ1n) is 10.7. The molecule has 1 unspecified atom stereocenters. The summed E-state index contributed by atoms with van der Waals surface area (Å²) in [6.07, 6.45) is 3.56. The SMILES string of the molecule is CCOC(=O)c1cc2c(c(-c3cccc(-c4cccnc4)c3)n1)CN(S(=O)C(C)(C)C)C2. The lowest BCUT2D eigenvalue weighted by Crippen LogP contribution is -2.34. The number of fused-ring (bicyclic) bond motifs is 1. The molecule has 0 amide bonds. The lowest BCUT2D eigenvalue weighted by Gasteiger charge is -2.24. The molecular formula is C25H27N3O3S. The summed E-state index contributed by atoms with van der Waals surface area (Å²) in [5.74, 6) is -0.449. The molecule has 32 heavy (non-hydrogen) atoms. The minimum atomic E-state index is -1.18. The summed E-state index contributed by atoms with van der Waals surface area (Å²) < 4.78 is 19.8. The lowest BCUT2D eigenvalue weighted by molar-refractivity contribution is 0.0519.